The second kappa shape index (κ2) is 9.75. The number of nitrogens with zero attached hydrogens (tertiary/aromatic N) is 2. The quantitative estimate of drug-likeness (QED) is 0.551. The van der Waals surface area contributed by atoms with Crippen LogP contribution < -0.4 is 10.6 Å². The molecule has 134 valence electrons. The first kappa shape index (κ1) is 19.7. The molecule has 1 rings (SSSR count). The monoisotopic (exact) mass is 326 g/mol. The molecule has 0 unspecified atom stereocenters. The third kappa shape index (κ3) is 8.21. The number of amides is 1. The summed E-state index contributed by atoms with van der Waals surface area (Å²) in [6.45, 7) is 5.74. The smallest absolute Gasteiger partial charge is 0.243 e. The highest BCUT2D eigenvalue weighted by Crippen LogP contribution is 2.22. The second-order valence-electron chi connectivity index (χ2n) is 7.16. The fraction of sp³-hybridized carbons (Fsp3) is 0.882. The summed E-state index contributed by atoms with van der Waals surface area (Å²) in [5.41, 5.74) is -0.279. The van der Waals surface area contributed by atoms with Crippen molar-refractivity contribution in [1.82, 2.24) is 15.5 Å². The van der Waals surface area contributed by atoms with Gasteiger partial charge in [0.25, 0.3) is 0 Å². The fourth-order valence-corrected chi connectivity index (χ4v) is 2.46. The minimum absolute atomic E-state index is 0.00484. The first-order chi connectivity index (χ1) is 10.8. The van der Waals surface area contributed by atoms with Gasteiger partial charge >= 0.3 is 0 Å². The number of ether oxygens (including phenoxy) is 1. The SMILES string of the molecule is COC(C)(C)CNC(=NCC(=O)N(C)C)NCC1CCCCC1. The third-order valence-electron chi connectivity index (χ3n) is 4.39. The van der Waals surface area contributed by atoms with Crippen LogP contribution in [0.2, 0.25) is 0 Å². The minimum Gasteiger partial charge on any atom is -0.377 e. The van der Waals surface area contributed by atoms with Crippen molar-refractivity contribution >= 4 is 11.9 Å². The summed E-state index contributed by atoms with van der Waals surface area (Å²) in [6.07, 6.45) is 6.56. The van der Waals surface area contributed by atoms with Crippen molar-refractivity contribution in [2.24, 2.45) is 10.9 Å². The molecule has 2 N–H and O–H groups in total. The molecule has 0 atom stereocenters. The first-order valence-corrected chi connectivity index (χ1v) is 8.61. The summed E-state index contributed by atoms with van der Waals surface area (Å²) in [4.78, 5) is 17.7. The Kier molecular flexibility index (Phi) is 8.37. The molecule has 0 bridgehead atoms. The van der Waals surface area contributed by atoms with Gasteiger partial charge in [-0.1, -0.05) is 19.3 Å². The highest BCUT2D eigenvalue weighted by Gasteiger charge is 2.18. The lowest BCUT2D eigenvalue weighted by atomic mass is 9.89. The average molecular weight is 326 g/mol. The maximum Gasteiger partial charge on any atom is 0.243 e. The van der Waals surface area contributed by atoms with E-state index >= 15 is 0 Å². The van der Waals surface area contributed by atoms with Gasteiger partial charge in [-0.25, -0.2) is 4.99 Å². The van der Waals surface area contributed by atoms with E-state index in [2.05, 4.69) is 15.6 Å². The number of hydrogen-bond donors (Lipinski definition) is 2. The van der Waals surface area contributed by atoms with Gasteiger partial charge in [0.2, 0.25) is 5.91 Å². The molecule has 1 aliphatic rings. The minimum atomic E-state index is -0.279. The molecule has 0 radical (unpaired) electrons. The van der Waals surface area contributed by atoms with Crippen molar-refractivity contribution in [2.45, 2.75) is 51.6 Å². The van der Waals surface area contributed by atoms with Crippen LogP contribution in [-0.2, 0) is 9.53 Å². The molecule has 0 saturated heterocycles. The highest BCUT2D eigenvalue weighted by molar-refractivity contribution is 5.84. The number of guanidine groups is 1. The van der Waals surface area contributed by atoms with Gasteiger partial charge in [-0.05, 0) is 32.6 Å². The Morgan fingerprint density at radius 3 is 2.43 bits per heavy atom. The maximum atomic E-state index is 11.7. The Morgan fingerprint density at radius 2 is 1.87 bits per heavy atom. The molecule has 0 aromatic heterocycles. The summed E-state index contributed by atoms with van der Waals surface area (Å²) in [5.74, 6) is 1.39. The van der Waals surface area contributed by atoms with Gasteiger partial charge in [-0.2, -0.15) is 0 Å². The molecule has 0 spiro atoms. The maximum absolute atomic E-state index is 11.7. The van der Waals surface area contributed by atoms with Crippen molar-refractivity contribution in [3.63, 3.8) is 0 Å². The topological polar surface area (TPSA) is 66.0 Å². The Hall–Kier alpha value is -1.30. The summed E-state index contributed by atoms with van der Waals surface area (Å²) < 4.78 is 5.43. The molecule has 0 aromatic carbocycles. The van der Waals surface area contributed by atoms with Gasteiger partial charge in [0, 0.05) is 34.3 Å². The molecule has 6 nitrogen and oxygen atoms in total. The highest BCUT2D eigenvalue weighted by atomic mass is 16.5. The Bertz CT molecular complexity index is 388. The second-order valence-corrected chi connectivity index (χ2v) is 7.16. The van der Waals surface area contributed by atoms with E-state index in [4.69, 9.17) is 4.74 Å². The van der Waals surface area contributed by atoms with Crippen LogP contribution in [0, 0.1) is 5.92 Å². The molecule has 6 heteroatoms. The molecule has 1 saturated carbocycles. The molecule has 1 fully saturated rings. The lowest BCUT2D eigenvalue weighted by Crippen LogP contribution is -2.47. The molecular formula is C17H34N4O2. The van der Waals surface area contributed by atoms with Gasteiger partial charge in [0.15, 0.2) is 5.96 Å². The number of carbonyl (C=O) groups is 1. The zero-order chi connectivity index (χ0) is 17.3. The van der Waals surface area contributed by atoms with Crippen LogP contribution in [0.15, 0.2) is 4.99 Å². The summed E-state index contributed by atoms with van der Waals surface area (Å²) >= 11 is 0. The van der Waals surface area contributed by atoms with Crippen LogP contribution in [-0.4, -0.2) is 63.2 Å². The number of rotatable bonds is 7. The molecule has 23 heavy (non-hydrogen) atoms. The number of aliphatic imine (C=N–C) groups is 1. The normalized spacial score (nSPS) is 17.0. The van der Waals surface area contributed by atoms with E-state index in [0.717, 1.165) is 6.54 Å². The number of methoxy groups -OCH3 is 1. The van der Waals surface area contributed by atoms with Crippen molar-refractivity contribution < 1.29 is 9.53 Å². The molecule has 0 aliphatic heterocycles. The van der Waals surface area contributed by atoms with E-state index in [0.29, 0.717) is 18.4 Å². The Balaban J connectivity index is 2.55. The third-order valence-corrected chi connectivity index (χ3v) is 4.39. The first-order valence-electron chi connectivity index (χ1n) is 8.61. The molecule has 0 heterocycles. The van der Waals surface area contributed by atoms with Crippen molar-refractivity contribution in [3.8, 4) is 0 Å². The predicted octanol–water partition coefficient (Wildman–Crippen LogP) is 1.62. The molecular weight excluding hydrogens is 292 g/mol. The van der Waals surface area contributed by atoms with E-state index in [1.54, 1.807) is 26.1 Å². The van der Waals surface area contributed by atoms with E-state index < -0.39 is 0 Å². The van der Waals surface area contributed by atoms with Crippen LogP contribution in [0.25, 0.3) is 0 Å². The summed E-state index contributed by atoms with van der Waals surface area (Å²) in [6, 6.07) is 0. The average Bonchev–Trinajstić information content (AvgIpc) is 2.54. The van der Waals surface area contributed by atoms with Gasteiger partial charge < -0.3 is 20.3 Å². The van der Waals surface area contributed by atoms with Crippen LogP contribution in [0.4, 0.5) is 0 Å². The van der Waals surface area contributed by atoms with E-state index in [-0.39, 0.29) is 18.1 Å². The Labute approximate surface area is 141 Å². The number of carbonyl (C=O) groups excluding carboxylic acids is 1. The summed E-state index contributed by atoms with van der Waals surface area (Å²) in [5, 5.41) is 6.68. The van der Waals surface area contributed by atoms with Gasteiger partial charge in [-0.3, -0.25) is 4.79 Å². The van der Waals surface area contributed by atoms with E-state index in [1.807, 2.05) is 13.8 Å². The van der Waals surface area contributed by atoms with Crippen molar-refractivity contribution in [2.75, 3.05) is 40.8 Å². The Morgan fingerprint density at radius 1 is 1.22 bits per heavy atom. The number of hydrogen-bond acceptors (Lipinski definition) is 3. The molecule has 0 aromatic rings. The standard InChI is InChI=1S/C17H34N4O2/c1-17(2,23-5)13-20-16(19-12-15(22)21(3)4)18-11-14-9-7-6-8-10-14/h14H,6-13H2,1-5H3,(H2,18,19,20). The van der Waals surface area contributed by atoms with Crippen molar-refractivity contribution in [1.29, 1.82) is 0 Å². The predicted molar refractivity (Wildman–Crippen MR) is 94.7 cm³/mol. The van der Waals surface area contributed by atoms with Gasteiger partial charge in [-0.15, -0.1) is 0 Å². The number of nitrogens with one attached hydrogen (secondary N) is 2. The lowest BCUT2D eigenvalue weighted by molar-refractivity contribution is -0.127. The zero-order valence-electron chi connectivity index (χ0n) is 15.4. The van der Waals surface area contributed by atoms with Crippen LogP contribution in [0.5, 0.6) is 0 Å². The van der Waals surface area contributed by atoms with Gasteiger partial charge in [0.05, 0.1) is 5.60 Å². The van der Waals surface area contributed by atoms with E-state index in [1.165, 1.54) is 32.1 Å². The number of likely N-dealkylation sites (N-methyl/N-ethyl adjacent to an activating group) is 1. The molecule has 1 aliphatic carbocycles. The van der Waals surface area contributed by atoms with Crippen LogP contribution >= 0.6 is 0 Å². The molecule has 1 amide bonds. The lowest BCUT2D eigenvalue weighted by Gasteiger charge is -2.26. The largest absolute Gasteiger partial charge is 0.377 e. The zero-order valence-corrected chi connectivity index (χ0v) is 15.4. The van der Waals surface area contributed by atoms with Crippen LogP contribution in [0.3, 0.4) is 0 Å². The van der Waals surface area contributed by atoms with Crippen LogP contribution in [0.1, 0.15) is 46.0 Å². The van der Waals surface area contributed by atoms with E-state index in [9.17, 15) is 4.79 Å². The van der Waals surface area contributed by atoms with Gasteiger partial charge in [0.1, 0.15) is 6.54 Å². The van der Waals surface area contributed by atoms with Crippen molar-refractivity contribution in [3.05, 3.63) is 0 Å². The summed E-state index contributed by atoms with van der Waals surface area (Å²) in [7, 11) is 5.19. The fourth-order valence-electron chi connectivity index (χ4n) is 2.46.